The summed E-state index contributed by atoms with van der Waals surface area (Å²) >= 11 is 0. The Hall–Kier alpha value is -4.63. The van der Waals surface area contributed by atoms with Crippen molar-refractivity contribution in [2.75, 3.05) is 0 Å². The SMILES string of the molecule is [Br].[Rh].c1ccc(P(c2ccccc2)c2ccccc2)cc1.c1ccc(P(c2ccccc2)c2ccccc2)cc1.c1ccc(P(c2ccccc2)c2ccccc2)cc1. The van der Waals surface area contributed by atoms with Crippen molar-refractivity contribution >= 4 is 88.5 Å². The molecule has 0 amide bonds. The average Bonchev–Trinajstić information content (AvgIpc) is 3.30. The molecule has 0 fully saturated rings. The first kappa shape index (κ1) is 45.5. The summed E-state index contributed by atoms with van der Waals surface area (Å²) in [7, 11) is -1.34. The monoisotopic (exact) mass is 968 g/mol. The summed E-state index contributed by atoms with van der Waals surface area (Å²) in [6.45, 7) is 0. The fraction of sp³-hybridized carbons (Fsp3) is 0. The van der Waals surface area contributed by atoms with Crippen LogP contribution in [0.1, 0.15) is 0 Å². The van der Waals surface area contributed by atoms with Gasteiger partial charge in [0.1, 0.15) is 0 Å². The quantitative estimate of drug-likeness (QED) is 0.0999. The molecule has 9 aromatic carbocycles. The third-order valence-electron chi connectivity index (χ3n) is 9.13. The van der Waals surface area contributed by atoms with E-state index in [-0.39, 0.29) is 36.5 Å². The van der Waals surface area contributed by atoms with Crippen LogP contribution in [0.5, 0.6) is 0 Å². The number of halogens is 1. The van der Waals surface area contributed by atoms with Crippen molar-refractivity contribution in [2.45, 2.75) is 0 Å². The Bertz CT molecular complexity index is 1870. The summed E-state index contributed by atoms with van der Waals surface area (Å²) in [5.41, 5.74) is 0. The zero-order valence-corrected chi connectivity index (χ0v) is 38.4. The summed E-state index contributed by atoms with van der Waals surface area (Å²) < 4.78 is 0. The first-order chi connectivity index (χ1) is 28.3. The minimum Gasteiger partial charge on any atom is -0.0622 e. The van der Waals surface area contributed by atoms with E-state index in [1.54, 1.807) is 0 Å². The first-order valence-electron chi connectivity index (χ1n) is 19.2. The molecule has 9 aromatic rings. The molecule has 0 bridgehead atoms. The van der Waals surface area contributed by atoms with Gasteiger partial charge in [0.2, 0.25) is 0 Å². The van der Waals surface area contributed by atoms with Gasteiger partial charge in [-0.25, -0.2) is 0 Å². The van der Waals surface area contributed by atoms with Gasteiger partial charge in [0, 0.05) is 36.5 Å². The molecule has 0 unspecified atom stereocenters. The summed E-state index contributed by atoms with van der Waals surface area (Å²) in [4.78, 5) is 0. The van der Waals surface area contributed by atoms with Crippen LogP contribution in [0.2, 0.25) is 0 Å². The molecular weight excluding hydrogens is 924 g/mol. The van der Waals surface area contributed by atoms with Gasteiger partial charge in [-0.2, -0.15) is 0 Å². The molecule has 0 saturated heterocycles. The van der Waals surface area contributed by atoms with Crippen molar-refractivity contribution in [3.8, 4) is 0 Å². The summed E-state index contributed by atoms with van der Waals surface area (Å²) in [6, 6.07) is 97.0. The largest absolute Gasteiger partial charge is 0.0622 e. The van der Waals surface area contributed by atoms with Crippen molar-refractivity contribution in [2.24, 2.45) is 0 Å². The Morgan fingerprint density at radius 3 is 0.322 bits per heavy atom. The Balaban J connectivity index is 0.000000165. The van der Waals surface area contributed by atoms with E-state index >= 15 is 0 Å². The molecular formula is C54H45BrP3Rh. The second-order valence-electron chi connectivity index (χ2n) is 13.0. The van der Waals surface area contributed by atoms with E-state index in [0.29, 0.717) is 0 Å². The fourth-order valence-corrected chi connectivity index (χ4v) is 13.5. The van der Waals surface area contributed by atoms with Crippen molar-refractivity contribution < 1.29 is 19.5 Å². The Morgan fingerprint density at radius 2 is 0.237 bits per heavy atom. The molecule has 59 heavy (non-hydrogen) atoms. The molecule has 0 aromatic heterocycles. The molecule has 0 atom stereocenters. The van der Waals surface area contributed by atoms with Crippen LogP contribution >= 0.6 is 40.7 Å². The summed E-state index contributed by atoms with van der Waals surface area (Å²) in [5, 5.41) is 12.6. The smallest absolute Gasteiger partial charge is 0 e. The molecule has 0 heterocycles. The standard InChI is InChI=1S/3C18H15P.Br.Rh/c3*1-4-10-16(11-5-1)19(17-12-6-2-7-13-17)18-14-8-3-9-15-18;;/h3*1-15H;;. The Morgan fingerprint density at radius 1 is 0.153 bits per heavy atom. The molecule has 2 radical (unpaired) electrons. The van der Waals surface area contributed by atoms with Crippen LogP contribution in [-0.2, 0) is 19.5 Å². The van der Waals surface area contributed by atoms with Crippen LogP contribution in [0.4, 0.5) is 0 Å². The van der Waals surface area contributed by atoms with Crippen molar-refractivity contribution in [1.29, 1.82) is 0 Å². The van der Waals surface area contributed by atoms with Crippen molar-refractivity contribution in [3.05, 3.63) is 273 Å². The van der Waals surface area contributed by atoms with Gasteiger partial charge in [-0.15, -0.1) is 0 Å². The van der Waals surface area contributed by atoms with Gasteiger partial charge in [-0.05, 0) is 71.5 Å². The summed E-state index contributed by atoms with van der Waals surface area (Å²) in [6.07, 6.45) is 0. The van der Waals surface area contributed by atoms with Gasteiger partial charge < -0.3 is 0 Å². The van der Waals surface area contributed by atoms with E-state index in [4.69, 9.17) is 0 Å². The second kappa shape index (κ2) is 25.1. The third-order valence-corrected chi connectivity index (χ3v) is 16.5. The van der Waals surface area contributed by atoms with Crippen molar-refractivity contribution in [1.82, 2.24) is 0 Å². The molecule has 0 aliphatic heterocycles. The molecule has 0 aliphatic carbocycles. The normalized spacial score (nSPS) is 10.2. The minimum absolute atomic E-state index is 0. The zero-order valence-electron chi connectivity index (χ0n) is 32.5. The van der Waals surface area contributed by atoms with E-state index in [1.165, 1.54) is 47.7 Å². The number of benzene rings is 9. The van der Waals surface area contributed by atoms with Crippen LogP contribution in [0.25, 0.3) is 0 Å². The molecule has 0 N–H and O–H groups in total. The van der Waals surface area contributed by atoms with Gasteiger partial charge >= 0.3 is 0 Å². The van der Waals surface area contributed by atoms with Crippen molar-refractivity contribution in [3.63, 3.8) is 0 Å². The number of hydrogen-bond acceptors (Lipinski definition) is 0. The van der Waals surface area contributed by atoms with Gasteiger partial charge in [0.15, 0.2) is 0 Å². The van der Waals surface area contributed by atoms with E-state index < -0.39 is 23.8 Å². The molecule has 292 valence electrons. The van der Waals surface area contributed by atoms with Gasteiger partial charge in [0.05, 0.1) is 0 Å². The summed E-state index contributed by atoms with van der Waals surface area (Å²) in [5.74, 6) is 0. The van der Waals surface area contributed by atoms with E-state index in [0.717, 1.165) is 0 Å². The Kier molecular flexibility index (Phi) is 19.3. The maximum atomic E-state index is 2.23. The van der Waals surface area contributed by atoms with Crippen LogP contribution in [0, 0.1) is 0 Å². The number of rotatable bonds is 9. The minimum atomic E-state index is -0.446. The average molecular weight is 970 g/mol. The molecule has 0 spiro atoms. The molecule has 0 aliphatic rings. The van der Waals surface area contributed by atoms with Gasteiger partial charge in [-0.1, -0.05) is 273 Å². The molecule has 5 heteroatoms. The molecule has 9 rings (SSSR count). The Labute approximate surface area is 378 Å². The zero-order chi connectivity index (χ0) is 38.7. The van der Waals surface area contributed by atoms with Gasteiger partial charge in [-0.3, -0.25) is 0 Å². The maximum absolute atomic E-state index is 2.23. The van der Waals surface area contributed by atoms with E-state index in [1.807, 2.05) is 0 Å². The second-order valence-corrected chi connectivity index (χ2v) is 19.7. The van der Waals surface area contributed by atoms with Crippen LogP contribution < -0.4 is 47.7 Å². The predicted octanol–water partition coefficient (Wildman–Crippen LogP) is 11.2. The third kappa shape index (κ3) is 13.2. The van der Waals surface area contributed by atoms with E-state index in [2.05, 4.69) is 273 Å². The molecule has 0 nitrogen and oxygen atoms in total. The van der Waals surface area contributed by atoms with Gasteiger partial charge in [0.25, 0.3) is 0 Å². The first-order valence-corrected chi connectivity index (χ1v) is 23.2. The molecule has 0 saturated carbocycles. The topological polar surface area (TPSA) is 0 Å². The maximum Gasteiger partial charge on any atom is 0 e. The van der Waals surface area contributed by atoms with E-state index in [9.17, 15) is 0 Å². The number of hydrogen-bond donors (Lipinski definition) is 0. The van der Waals surface area contributed by atoms with Crippen LogP contribution in [0.3, 0.4) is 0 Å². The predicted molar refractivity (Wildman–Crippen MR) is 264 cm³/mol. The van der Waals surface area contributed by atoms with Crippen LogP contribution in [-0.4, -0.2) is 0 Å². The van der Waals surface area contributed by atoms with Crippen LogP contribution in [0.15, 0.2) is 273 Å². The fourth-order valence-electron chi connectivity index (χ4n) is 6.54.